The van der Waals surface area contributed by atoms with Gasteiger partial charge in [-0.3, -0.25) is 4.79 Å². The number of piperazine rings is 1. The highest BCUT2D eigenvalue weighted by Crippen LogP contribution is 2.29. The fraction of sp³-hybridized carbons (Fsp3) is 0.316. The second kappa shape index (κ2) is 8.03. The Morgan fingerprint density at radius 1 is 0.931 bits per heavy atom. The number of amides is 1. The predicted octanol–water partition coefficient (Wildman–Crippen LogP) is 2.86. The summed E-state index contributed by atoms with van der Waals surface area (Å²) in [6, 6.07) is 9.99. The van der Waals surface area contributed by atoms with Crippen LogP contribution in [0.1, 0.15) is 15.9 Å². The standard InChI is InChI=1S/C19H19F3N2O4S/c1-28-16-6-8-17(9-7-16)29(26,27)24-12-10-23(11-13-24)18(25)14-2-4-15(5-3-14)19(20,21)22/h2-9H,10-13H2,1H3. The van der Waals surface area contributed by atoms with Crippen LogP contribution in [-0.4, -0.2) is 56.8 Å². The zero-order valence-electron chi connectivity index (χ0n) is 15.5. The van der Waals surface area contributed by atoms with Crippen LogP contribution in [0.4, 0.5) is 13.2 Å². The third kappa shape index (κ3) is 4.54. The number of sulfonamides is 1. The van der Waals surface area contributed by atoms with Crippen LogP contribution in [0.3, 0.4) is 0 Å². The molecule has 3 rings (SSSR count). The summed E-state index contributed by atoms with van der Waals surface area (Å²) in [7, 11) is -2.23. The molecule has 29 heavy (non-hydrogen) atoms. The summed E-state index contributed by atoms with van der Waals surface area (Å²) in [6.07, 6.45) is -4.47. The van der Waals surface area contributed by atoms with E-state index in [0.717, 1.165) is 24.3 Å². The molecule has 0 aliphatic carbocycles. The predicted molar refractivity (Wildman–Crippen MR) is 99.1 cm³/mol. The number of benzene rings is 2. The molecule has 6 nitrogen and oxygen atoms in total. The van der Waals surface area contributed by atoms with Crippen molar-refractivity contribution in [3.63, 3.8) is 0 Å². The Labute approximate surface area is 166 Å². The van der Waals surface area contributed by atoms with Crippen molar-refractivity contribution in [2.24, 2.45) is 0 Å². The minimum absolute atomic E-state index is 0.0980. The largest absolute Gasteiger partial charge is 0.497 e. The van der Waals surface area contributed by atoms with Gasteiger partial charge in [0.2, 0.25) is 10.0 Å². The van der Waals surface area contributed by atoms with E-state index in [-0.39, 0.29) is 36.6 Å². The van der Waals surface area contributed by atoms with Gasteiger partial charge in [0, 0.05) is 31.7 Å². The first-order valence-electron chi connectivity index (χ1n) is 8.73. The zero-order valence-corrected chi connectivity index (χ0v) is 16.3. The molecule has 0 bridgehead atoms. The molecule has 0 radical (unpaired) electrons. The van der Waals surface area contributed by atoms with E-state index in [0.29, 0.717) is 5.75 Å². The Kier molecular flexibility index (Phi) is 5.85. The number of halogens is 3. The molecular formula is C19H19F3N2O4S. The third-order valence-electron chi connectivity index (χ3n) is 4.68. The Bertz CT molecular complexity index is 966. The number of carbonyl (C=O) groups excluding carboxylic acids is 1. The summed E-state index contributed by atoms with van der Waals surface area (Å²) in [5.41, 5.74) is -0.700. The van der Waals surface area contributed by atoms with Gasteiger partial charge in [-0.05, 0) is 48.5 Å². The van der Waals surface area contributed by atoms with Crippen LogP contribution < -0.4 is 4.74 Å². The minimum atomic E-state index is -4.47. The van der Waals surface area contributed by atoms with E-state index in [1.165, 1.54) is 28.4 Å². The van der Waals surface area contributed by atoms with E-state index in [4.69, 9.17) is 4.74 Å². The number of methoxy groups -OCH3 is 1. The molecular weight excluding hydrogens is 409 g/mol. The smallest absolute Gasteiger partial charge is 0.416 e. The Morgan fingerprint density at radius 2 is 1.48 bits per heavy atom. The maximum absolute atomic E-state index is 12.7. The van der Waals surface area contributed by atoms with Gasteiger partial charge in [-0.2, -0.15) is 17.5 Å². The van der Waals surface area contributed by atoms with Gasteiger partial charge in [0.25, 0.3) is 5.91 Å². The van der Waals surface area contributed by atoms with Crippen LogP contribution in [0.15, 0.2) is 53.4 Å². The number of hydrogen-bond acceptors (Lipinski definition) is 4. The maximum Gasteiger partial charge on any atom is 0.416 e. The number of ether oxygens (including phenoxy) is 1. The lowest BCUT2D eigenvalue weighted by Gasteiger charge is -2.34. The van der Waals surface area contributed by atoms with E-state index in [9.17, 15) is 26.4 Å². The molecule has 1 heterocycles. The van der Waals surface area contributed by atoms with Crippen LogP contribution >= 0.6 is 0 Å². The highest BCUT2D eigenvalue weighted by Gasteiger charge is 2.32. The van der Waals surface area contributed by atoms with Crippen molar-refractivity contribution in [2.45, 2.75) is 11.1 Å². The summed E-state index contributed by atoms with van der Waals surface area (Å²) in [6.45, 7) is 0.492. The Balaban J connectivity index is 1.65. The van der Waals surface area contributed by atoms with Crippen molar-refractivity contribution in [1.82, 2.24) is 9.21 Å². The first-order valence-corrected chi connectivity index (χ1v) is 10.2. The highest BCUT2D eigenvalue weighted by atomic mass is 32.2. The third-order valence-corrected chi connectivity index (χ3v) is 6.60. The van der Waals surface area contributed by atoms with Gasteiger partial charge in [0.1, 0.15) is 5.75 Å². The SMILES string of the molecule is COc1ccc(S(=O)(=O)N2CCN(C(=O)c3ccc(C(F)(F)F)cc3)CC2)cc1. The van der Waals surface area contributed by atoms with Gasteiger partial charge in [0.05, 0.1) is 17.6 Å². The molecule has 1 aliphatic heterocycles. The second-order valence-corrected chi connectivity index (χ2v) is 8.38. The second-order valence-electron chi connectivity index (χ2n) is 6.45. The lowest BCUT2D eigenvalue weighted by Crippen LogP contribution is -2.50. The fourth-order valence-electron chi connectivity index (χ4n) is 3.01. The molecule has 0 aromatic heterocycles. The first kappa shape index (κ1) is 21.1. The van der Waals surface area contributed by atoms with Gasteiger partial charge in [-0.1, -0.05) is 0 Å². The summed E-state index contributed by atoms with van der Waals surface area (Å²) < 4.78 is 69.7. The highest BCUT2D eigenvalue weighted by molar-refractivity contribution is 7.89. The molecule has 1 amide bonds. The molecule has 1 aliphatic rings. The molecule has 10 heteroatoms. The van der Waals surface area contributed by atoms with Gasteiger partial charge < -0.3 is 9.64 Å². The lowest BCUT2D eigenvalue weighted by molar-refractivity contribution is -0.137. The van der Waals surface area contributed by atoms with E-state index < -0.39 is 27.7 Å². The summed E-state index contributed by atoms with van der Waals surface area (Å²) in [5.74, 6) is 0.108. The Hall–Kier alpha value is -2.59. The lowest BCUT2D eigenvalue weighted by atomic mass is 10.1. The van der Waals surface area contributed by atoms with E-state index >= 15 is 0 Å². The van der Waals surface area contributed by atoms with E-state index in [1.54, 1.807) is 12.1 Å². The van der Waals surface area contributed by atoms with Gasteiger partial charge in [0.15, 0.2) is 0 Å². The topological polar surface area (TPSA) is 66.9 Å². The van der Waals surface area contributed by atoms with Crippen LogP contribution in [0.5, 0.6) is 5.75 Å². The van der Waals surface area contributed by atoms with Gasteiger partial charge >= 0.3 is 6.18 Å². The molecule has 2 aromatic rings. The molecule has 1 saturated heterocycles. The van der Waals surface area contributed by atoms with Gasteiger partial charge in [-0.25, -0.2) is 8.42 Å². The number of rotatable bonds is 4. The molecule has 0 N–H and O–H groups in total. The molecule has 0 saturated carbocycles. The maximum atomic E-state index is 12.7. The average molecular weight is 428 g/mol. The minimum Gasteiger partial charge on any atom is -0.497 e. The summed E-state index contributed by atoms with van der Waals surface area (Å²) >= 11 is 0. The molecule has 156 valence electrons. The van der Waals surface area contributed by atoms with Crippen molar-refractivity contribution in [3.05, 3.63) is 59.7 Å². The monoisotopic (exact) mass is 428 g/mol. The number of carbonyl (C=O) groups is 1. The van der Waals surface area contributed by atoms with Crippen molar-refractivity contribution >= 4 is 15.9 Å². The van der Waals surface area contributed by atoms with Crippen molar-refractivity contribution in [1.29, 1.82) is 0 Å². The normalized spacial score (nSPS) is 15.9. The number of alkyl halides is 3. The van der Waals surface area contributed by atoms with E-state index in [2.05, 4.69) is 0 Å². The molecule has 0 atom stereocenters. The number of nitrogens with zero attached hydrogens (tertiary/aromatic N) is 2. The van der Waals surface area contributed by atoms with Crippen LogP contribution in [0, 0.1) is 0 Å². The molecule has 0 spiro atoms. The van der Waals surface area contributed by atoms with Crippen LogP contribution in [0.2, 0.25) is 0 Å². The molecule has 2 aromatic carbocycles. The summed E-state index contributed by atoms with van der Waals surface area (Å²) in [4.78, 5) is 14.1. The molecule has 1 fully saturated rings. The van der Waals surface area contributed by atoms with Crippen LogP contribution in [-0.2, 0) is 16.2 Å². The first-order chi connectivity index (χ1) is 13.6. The average Bonchev–Trinajstić information content (AvgIpc) is 2.73. The summed E-state index contributed by atoms with van der Waals surface area (Å²) in [5, 5.41) is 0. The molecule has 0 unspecified atom stereocenters. The zero-order chi connectivity index (χ0) is 21.2. The van der Waals surface area contributed by atoms with Crippen molar-refractivity contribution in [2.75, 3.05) is 33.3 Å². The quantitative estimate of drug-likeness (QED) is 0.751. The Morgan fingerprint density at radius 3 is 1.97 bits per heavy atom. The van der Waals surface area contributed by atoms with E-state index in [1.807, 2.05) is 0 Å². The number of hydrogen-bond donors (Lipinski definition) is 0. The fourth-order valence-corrected chi connectivity index (χ4v) is 4.43. The van der Waals surface area contributed by atoms with Crippen molar-refractivity contribution in [3.8, 4) is 5.75 Å². The van der Waals surface area contributed by atoms with Gasteiger partial charge in [-0.15, -0.1) is 0 Å². The van der Waals surface area contributed by atoms with Crippen molar-refractivity contribution < 1.29 is 31.1 Å². The van der Waals surface area contributed by atoms with Crippen LogP contribution in [0.25, 0.3) is 0 Å².